The van der Waals surface area contributed by atoms with Gasteiger partial charge in [-0.1, -0.05) is 12.8 Å². The number of hydrogen-bond donors (Lipinski definition) is 3. The summed E-state index contributed by atoms with van der Waals surface area (Å²) in [5.41, 5.74) is -0.520. The number of carbonyl (C=O) groups excluding carboxylic acids is 1. The van der Waals surface area contributed by atoms with Crippen LogP contribution in [0.1, 0.15) is 32.1 Å². The van der Waals surface area contributed by atoms with Crippen LogP contribution in [0.5, 0.6) is 0 Å². The average molecular weight is 308 g/mol. The lowest BCUT2D eigenvalue weighted by Crippen LogP contribution is -2.56. The van der Waals surface area contributed by atoms with Crippen LogP contribution in [0.3, 0.4) is 0 Å². The predicted molar refractivity (Wildman–Crippen MR) is 75.3 cm³/mol. The molecule has 0 spiro atoms. The van der Waals surface area contributed by atoms with E-state index in [-0.39, 0.29) is 5.97 Å². The number of ether oxygens (including phenoxy) is 2. The van der Waals surface area contributed by atoms with Gasteiger partial charge in [0.25, 0.3) is 0 Å². The number of esters is 1. The molecule has 1 rings (SSSR count). The van der Waals surface area contributed by atoms with Crippen molar-refractivity contribution in [1.82, 2.24) is 0 Å². The maximum Gasteiger partial charge on any atom is 0.305 e. The summed E-state index contributed by atoms with van der Waals surface area (Å²) in [5.74, 6) is -0.222. The zero-order valence-corrected chi connectivity index (χ0v) is 12.7. The normalized spacial score (nSPS) is 34.0. The van der Waals surface area contributed by atoms with Crippen LogP contribution in [0.4, 0.5) is 0 Å². The third kappa shape index (κ3) is 4.89. The number of aliphatic hydroxyl groups is 3. The lowest BCUT2D eigenvalue weighted by Gasteiger charge is -2.40. The van der Waals surface area contributed by atoms with E-state index in [1.54, 1.807) is 6.26 Å². The summed E-state index contributed by atoms with van der Waals surface area (Å²) < 4.78 is 10.1. The molecule has 1 aliphatic rings. The highest BCUT2D eigenvalue weighted by Gasteiger charge is 2.42. The summed E-state index contributed by atoms with van der Waals surface area (Å²) in [4.78, 5) is 10.9. The van der Waals surface area contributed by atoms with Gasteiger partial charge in [-0.25, -0.2) is 0 Å². The van der Waals surface area contributed by atoms with Crippen LogP contribution in [-0.4, -0.2) is 64.5 Å². The molecule has 0 amide bonds. The Morgan fingerprint density at radius 3 is 2.45 bits per heavy atom. The Balaban J connectivity index is 2.30. The first-order chi connectivity index (χ1) is 9.51. The Hall–Kier alpha value is -0.340. The zero-order chi connectivity index (χ0) is 15.1. The van der Waals surface area contributed by atoms with Gasteiger partial charge in [-0.15, -0.1) is 11.8 Å². The van der Waals surface area contributed by atoms with Crippen molar-refractivity contribution in [2.75, 3.05) is 13.4 Å². The van der Waals surface area contributed by atoms with Crippen molar-refractivity contribution >= 4 is 17.7 Å². The summed E-state index contributed by atoms with van der Waals surface area (Å²) in [7, 11) is 1.36. The molecule has 0 unspecified atom stereocenters. The van der Waals surface area contributed by atoms with Gasteiger partial charge in [0.1, 0.15) is 23.7 Å². The minimum absolute atomic E-state index is 0.222. The topological polar surface area (TPSA) is 96.2 Å². The van der Waals surface area contributed by atoms with Crippen LogP contribution in [0.15, 0.2) is 0 Å². The molecule has 0 aliphatic carbocycles. The number of methoxy groups -OCH3 is 1. The smallest absolute Gasteiger partial charge is 0.305 e. The van der Waals surface area contributed by atoms with Gasteiger partial charge in [0, 0.05) is 6.42 Å². The molecule has 0 aromatic carbocycles. The van der Waals surface area contributed by atoms with Crippen LogP contribution in [-0.2, 0) is 14.3 Å². The summed E-state index contributed by atoms with van der Waals surface area (Å²) in [6.07, 6.45) is 1.28. The lowest BCUT2D eigenvalue weighted by molar-refractivity contribution is -0.199. The van der Waals surface area contributed by atoms with Crippen molar-refractivity contribution in [3.05, 3.63) is 0 Å². The molecular weight excluding hydrogens is 284 g/mol. The summed E-state index contributed by atoms with van der Waals surface area (Å²) in [5, 5.41) is 29.4. The maximum atomic E-state index is 10.9. The van der Waals surface area contributed by atoms with Gasteiger partial charge in [0.2, 0.25) is 0 Å². The van der Waals surface area contributed by atoms with E-state index in [9.17, 15) is 20.1 Å². The first-order valence-electron chi connectivity index (χ1n) is 6.80. The third-order valence-electron chi connectivity index (χ3n) is 3.50. The molecule has 5 atom stereocenters. The molecule has 118 valence electrons. The highest BCUT2D eigenvalue weighted by Crippen LogP contribution is 2.29. The maximum absolute atomic E-state index is 10.9. The number of unbranched alkanes of at least 4 members (excludes halogenated alkanes) is 2. The molecule has 1 fully saturated rings. The molecule has 0 bridgehead atoms. The second kappa shape index (κ2) is 8.84. The number of carbonyl (C=O) groups is 1. The van der Waals surface area contributed by atoms with E-state index in [0.717, 1.165) is 19.3 Å². The van der Waals surface area contributed by atoms with Crippen molar-refractivity contribution in [1.29, 1.82) is 0 Å². The largest absolute Gasteiger partial charge is 0.469 e. The highest BCUT2D eigenvalue weighted by atomic mass is 32.2. The molecule has 0 aromatic rings. The van der Waals surface area contributed by atoms with Crippen molar-refractivity contribution in [3.63, 3.8) is 0 Å². The van der Waals surface area contributed by atoms with E-state index in [1.807, 2.05) is 0 Å². The van der Waals surface area contributed by atoms with Crippen molar-refractivity contribution in [3.8, 4) is 0 Å². The van der Waals surface area contributed by atoms with Crippen LogP contribution in [0.2, 0.25) is 0 Å². The number of rotatable bonds is 7. The minimum Gasteiger partial charge on any atom is -0.469 e. The Morgan fingerprint density at radius 1 is 1.15 bits per heavy atom. The second-order valence-electron chi connectivity index (χ2n) is 4.93. The van der Waals surface area contributed by atoms with Crippen LogP contribution >= 0.6 is 11.8 Å². The highest BCUT2D eigenvalue weighted by molar-refractivity contribution is 7.99. The predicted octanol–water partition coefficient (Wildman–Crippen LogP) is 0.280. The summed E-state index contributed by atoms with van der Waals surface area (Å²) >= 11 is 1.31. The molecule has 1 saturated heterocycles. The van der Waals surface area contributed by atoms with Gasteiger partial charge in [0.15, 0.2) is 0 Å². The van der Waals surface area contributed by atoms with Crippen molar-refractivity contribution in [2.24, 2.45) is 0 Å². The monoisotopic (exact) mass is 308 g/mol. The Bertz CT molecular complexity index is 299. The SMILES string of the molecule is COC(=O)CCCCC[C@@H]1O[C@H](SC)[C@@H](O)[C@H](O)[C@@H]1O. The van der Waals surface area contributed by atoms with Gasteiger partial charge in [-0.05, 0) is 19.1 Å². The van der Waals surface area contributed by atoms with Crippen LogP contribution < -0.4 is 0 Å². The summed E-state index contributed by atoms with van der Waals surface area (Å²) in [6.45, 7) is 0. The zero-order valence-electron chi connectivity index (χ0n) is 11.9. The molecule has 1 aliphatic heterocycles. The summed E-state index contributed by atoms with van der Waals surface area (Å²) in [6, 6.07) is 0. The van der Waals surface area contributed by atoms with E-state index >= 15 is 0 Å². The first-order valence-corrected chi connectivity index (χ1v) is 8.09. The number of aliphatic hydroxyl groups excluding tert-OH is 3. The third-order valence-corrected chi connectivity index (χ3v) is 4.35. The van der Waals surface area contributed by atoms with Crippen LogP contribution in [0, 0.1) is 0 Å². The van der Waals surface area contributed by atoms with E-state index in [2.05, 4.69) is 4.74 Å². The lowest BCUT2D eigenvalue weighted by atomic mass is 9.96. The second-order valence-corrected chi connectivity index (χ2v) is 5.86. The van der Waals surface area contributed by atoms with Gasteiger partial charge in [-0.2, -0.15) is 0 Å². The van der Waals surface area contributed by atoms with Crippen molar-refractivity contribution < 1.29 is 29.6 Å². The van der Waals surface area contributed by atoms with E-state index < -0.39 is 29.9 Å². The molecule has 1 heterocycles. The van der Waals surface area contributed by atoms with E-state index in [4.69, 9.17) is 4.74 Å². The first kappa shape index (κ1) is 17.7. The van der Waals surface area contributed by atoms with Gasteiger partial charge < -0.3 is 24.8 Å². The standard InChI is InChI=1S/C13H24O6S/c1-18-9(14)7-5-3-4-6-8-10(15)11(16)12(17)13(19-8)20-2/h8,10-13,15-17H,3-7H2,1-2H3/t8-,10+,11+,12-,13+/m0/s1. The number of hydrogen-bond acceptors (Lipinski definition) is 7. The molecular formula is C13H24O6S. The molecule has 0 radical (unpaired) electrons. The Morgan fingerprint density at radius 2 is 1.85 bits per heavy atom. The molecule has 0 aromatic heterocycles. The fraction of sp³-hybridized carbons (Fsp3) is 0.923. The van der Waals surface area contributed by atoms with E-state index in [0.29, 0.717) is 12.8 Å². The van der Waals surface area contributed by atoms with Gasteiger partial charge in [-0.3, -0.25) is 4.79 Å². The molecule has 0 saturated carbocycles. The molecule has 6 nitrogen and oxygen atoms in total. The molecule has 7 heteroatoms. The van der Waals surface area contributed by atoms with E-state index in [1.165, 1.54) is 18.9 Å². The molecule has 3 N–H and O–H groups in total. The Labute approximate surface area is 123 Å². The average Bonchev–Trinajstić information content (AvgIpc) is 2.46. The fourth-order valence-corrected chi connectivity index (χ4v) is 2.94. The number of thioether (sulfide) groups is 1. The fourth-order valence-electron chi connectivity index (χ4n) is 2.24. The van der Waals surface area contributed by atoms with Gasteiger partial charge >= 0.3 is 5.97 Å². The van der Waals surface area contributed by atoms with Crippen molar-refractivity contribution in [2.45, 2.75) is 62.0 Å². The Kier molecular flexibility index (Phi) is 7.83. The van der Waals surface area contributed by atoms with Crippen LogP contribution in [0.25, 0.3) is 0 Å². The van der Waals surface area contributed by atoms with Gasteiger partial charge in [0.05, 0.1) is 13.2 Å². The minimum atomic E-state index is -1.18. The molecule has 20 heavy (non-hydrogen) atoms. The quantitative estimate of drug-likeness (QED) is 0.459.